The molecule has 4 heteroatoms. The number of amides is 1. The summed E-state index contributed by atoms with van der Waals surface area (Å²) in [5, 5.41) is 6.50. The highest BCUT2D eigenvalue weighted by atomic mass is 16.2. The fourth-order valence-corrected chi connectivity index (χ4v) is 2.73. The molecule has 0 saturated heterocycles. The highest BCUT2D eigenvalue weighted by molar-refractivity contribution is 5.80. The van der Waals surface area contributed by atoms with Crippen LogP contribution in [0.15, 0.2) is 18.3 Å². The molecule has 0 aliphatic heterocycles. The smallest absolute Gasteiger partial charge is 0.223 e. The fraction of sp³-hybridized carbons (Fsp3) is 0.600. The van der Waals surface area contributed by atoms with E-state index in [4.69, 9.17) is 0 Å². The number of hydrogen-bond donors (Lipinski definition) is 2. The van der Waals surface area contributed by atoms with Crippen molar-refractivity contribution < 1.29 is 4.79 Å². The van der Waals surface area contributed by atoms with Gasteiger partial charge in [-0.15, -0.1) is 0 Å². The van der Waals surface area contributed by atoms with E-state index in [-0.39, 0.29) is 5.91 Å². The Labute approximate surface area is 114 Å². The Morgan fingerprint density at radius 3 is 3.05 bits per heavy atom. The van der Waals surface area contributed by atoms with Crippen LogP contribution < -0.4 is 10.6 Å². The van der Waals surface area contributed by atoms with Gasteiger partial charge < -0.3 is 10.6 Å². The van der Waals surface area contributed by atoms with Gasteiger partial charge in [0.2, 0.25) is 5.91 Å². The van der Waals surface area contributed by atoms with Gasteiger partial charge in [-0.05, 0) is 43.7 Å². The lowest BCUT2D eigenvalue weighted by Gasteiger charge is -2.25. The van der Waals surface area contributed by atoms with E-state index in [1.54, 1.807) is 0 Å². The van der Waals surface area contributed by atoms with Crippen LogP contribution in [-0.4, -0.2) is 24.0 Å². The molecule has 1 atom stereocenters. The van der Waals surface area contributed by atoms with Gasteiger partial charge in [-0.3, -0.25) is 9.78 Å². The number of fused-ring (bicyclic) bond motifs is 1. The highest BCUT2D eigenvalue weighted by Crippen LogP contribution is 2.29. The maximum atomic E-state index is 11.5. The van der Waals surface area contributed by atoms with Gasteiger partial charge in [-0.2, -0.15) is 0 Å². The third-order valence-corrected chi connectivity index (χ3v) is 3.96. The van der Waals surface area contributed by atoms with E-state index in [9.17, 15) is 4.79 Å². The molecule has 3 rings (SSSR count). The van der Waals surface area contributed by atoms with Gasteiger partial charge in [0.1, 0.15) is 0 Å². The molecule has 102 valence electrons. The fourth-order valence-electron chi connectivity index (χ4n) is 2.73. The van der Waals surface area contributed by atoms with Gasteiger partial charge in [0, 0.05) is 31.2 Å². The molecular formula is C15H21N3O. The molecule has 1 aromatic rings. The predicted octanol–water partition coefficient (Wildman–Crippen LogP) is 1.57. The van der Waals surface area contributed by atoms with Crippen LogP contribution in [0.1, 0.15) is 43.0 Å². The van der Waals surface area contributed by atoms with Crippen molar-refractivity contribution in [1.82, 2.24) is 15.6 Å². The topological polar surface area (TPSA) is 54.0 Å². The Morgan fingerprint density at radius 2 is 2.21 bits per heavy atom. The summed E-state index contributed by atoms with van der Waals surface area (Å²) in [7, 11) is 0. The van der Waals surface area contributed by atoms with Crippen molar-refractivity contribution in [2.75, 3.05) is 13.1 Å². The van der Waals surface area contributed by atoms with Crippen LogP contribution in [0, 0.1) is 5.92 Å². The van der Waals surface area contributed by atoms with E-state index in [1.807, 2.05) is 12.3 Å². The molecular weight excluding hydrogens is 238 g/mol. The van der Waals surface area contributed by atoms with E-state index >= 15 is 0 Å². The molecule has 0 aromatic carbocycles. The van der Waals surface area contributed by atoms with E-state index in [2.05, 4.69) is 21.7 Å². The van der Waals surface area contributed by atoms with E-state index in [0.717, 1.165) is 32.2 Å². The second-order valence-corrected chi connectivity index (χ2v) is 5.51. The van der Waals surface area contributed by atoms with Crippen LogP contribution >= 0.6 is 0 Å². The first-order valence-electron chi connectivity index (χ1n) is 7.29. The van der Waals surface area contributed by atoms with E-state index in [0.29, 0.717) is 18.5 Å². The number of aryl methyl sites for hydroxylation is 1. The molecule has 0 spiro atoms. The summed E-state index contributed by atoms with van der Waals surface area (Å²) in [6, 6.07) is 4.53. The zero-order valence-corrected chi connectivity index (χ0v) is 11.2. The van der Waals surface area contributed by atoms with Crippen molar-refractivity contribution in [2.45, 2.75) is 38.1 Å². The van der Waals surface area contributed by atoms with Crippen LogP contribution in [0.3, 0.4) is 0 Å². The largest absolute Gasteiger partial charge is 0.355 e. The van der Waals surface area contributed by atoms with Gasteiger partial charge in [-0.1, -0.05) is 6.07 Å². The van der Waals surface area contributed by atoms with E-state index < -0.39 is 0 Å². The number of carbonyl (C=O) groups is 1. The molecule has 2 aliphatic rings. The third kappa shape index (κ3) is 3.13. The average molecular weight is 259 g/mol. The van der Waals surface area contributed by atoms with Crippen LogP contribution in [0.5, 0.6) is 0 Å². The average Bonchev–Trinajstić information content (AvgIpc) is 3.28. The van der Waals surface area contributed by atoms with Gasteiger partial charge in [0.25, 0.3) is 0 Å². The SMILES string of the molecule is O=C(NCCNC1CCCc2cccnc21)C1CC1. The summed E-state index contributed by atoms with van der Waals surface area (Å²) >= 11 is 0. The molecule has 0 radical (unpaired) electrons. The molecule has 1 heterocycles. The second-order valence-electron chi connectivity index (χ2n) is 5.51. The second kappa shape index (κ2) is 5.70. The number of aromatic nitrogens is 1. The van der Waals surface area contributed by atoms with Crippen molar-refractivity contribution in [2.24, 2.45) is 5.92 Å². The molecule has 1 fully saturated rings. The van der Waals surface area contributed by atoms with Crippen LogP contribution in [-0.2, 0) is 11.2 Å². The van der Waals surface area contributed by atoms with Gasteiger partial charge in [0.05, 0.1) is 5.69 Å². The van der Waals surface area contributed by atoms with Crippen molar-refractivity contribution in [3.8, 4) is 0 Å². The minimum absolute atomic E-state index is 0.226. The van der Waals surface area contributed by atoms with Crippen LogP contribution in [0.2, 0.25) is 0 Å². The molecule has 4 nitrogen and oxygen atoms in total. The number of nitrogens with zero attached hydrogens (tertiary/aromatic N) is 1. The normalized spacial score (nSPS) is 21.8. The molecule has 2 aliphatic carbocycles. The predicted molar refractivity (Wildman–Crippen MR) is 73.7 cm³/mol. The third-order valence-electron chi connectivity index (χ3n) is 3.96. The molecule has 1 saturated carbocycles. The minimum atomic E-state index is 0.226. The number of pyridine rings is 1. The lowest BCUT2D eigenvalue weighted by Crippen LogP contribution is -2.35. The Balaban J connectivity index is 1.46. The van der Waals surface area contributed by atoms with E-state index in [1.165, 1.54) is 17.7 Å². The summed E-state index contributed by atoms with van der Waals surface area (Å²) in [5.41, 5.74) is 2.57. The summed E-state index contributed by atoms with van der Waals surface area (Å²) in [6.45, 7) is 1.53. The van der Waals surface area contributed by atoms with Crippen molar-refractivity contribution in [3.05, 3.63) is 29.6 Å². The van der Waals surface area contributed by atoms with Crippen LogP contribution in [0.25, 0.3) is 0 Å². The lowest BCUT2D eigenvalue weighted by molar-refractivity contribution is -0.122. The summed E-state index contributed by atoms with van der Waals surface area (Å²) in [4.78, 5) is 16.0. The number of carbonyl (C=O) groups excluding carboxylic acids is 1. The maximum Gasteiger partial charge on any atom is 0.223 e. The monoisotopic (exact) mass is 259 g/mol. The summed E-state index contributed by atoms with van der Waals surface area (Å²) in [6.07, 6.45) is 7.50. The minimum Gasteiger partial charge on any atom is -0.355 e. The van der Waals surface area contributed by atoms with Gasteiger partial charge >= 0.3 is 0 Å². The quantitative estimate of drug-likeness (QED) is 0.789. The first-order chi connectivity index (χ1) is 9.34. The highest BCUT2D eigenvalue weighted by Gasteiger charge is 2.29. The molecule has 2 N–H and O–H groups in total. The number of hydrogen-bond acceptors (Lipinski definition) is 3. The Kier molecular flexibility index (Phi) is 3.78. The molecule has 1 amide bonds. The van der Waals surface area contributed by atoms with Crippen LogP contribution in [0.4, 0.5) is 0 Å². The first kappa shape index (κ1) is 12.6. The Morgan fingerprint density at radius 1 is 1.32 bits per heavy atom. The standard InChI is InChI=1S/C15H21N3O/c19-15(12-6-7-12)18-10-9-16-13-5-1-3-11-4-2-8-17-14(11)13/h2,4,8,12-13,16H,1,3,5-7,9-10H2,(H,18,19). The van der Waals surface area contributed by atoms with Gasteiger partial charge in [0.15, 0.2) is 0 Å². The van der Waals surface area contributed by atoms with Crippen molar-refractivity contribution in [3.63, 3.8) is 0 Å². The number of nitrogens with one attached hydrogen (secondary N) is 2. The summed E-state index contributed by atoms with van der Waals surface area (Å²) < 4.78 is 0. The zero-order valence-electron chi connectivity index (χ0n) is 11.2. The molecule has 0 bridgehead atoms. The molecule has 1 unspecified atom stereocenters. The molecule has 1 aromatic heterocycles. The Hall–Kier alpha value is -1.42. The van der Waals surface area contributed by atoms with Gasteiger partial charge in [-0.25, -0.2) is 0 Å². The van der Waals surface area contributed by atoms with Crippen molar-refractivity contribution >= 4 is 5.91 Å². The van der Waals surface area contributed by atoms with Crippen molar-refractivity contribution in [1.29, 1.82) is 0 Å². The summed E-state index contributed by atoms with van der Waals surface area (Å²) in [5.74, 6) is 0.529. The number of rotatable bonds is 5. The Bertz CT molecular complexity index is 456. The zero-order chi connectivity index (χ0) is 13.1. The first-order valence-corrected chi connectivity index (χ1v) is 7.29. The maximum absolute atomic E-state index is 11.5. The molecule has 19 heavy (non-hydrogen) atoms. The lowest BCUT2D eigenvalue weighted by atomic mass is 9.92.